The molecule has 0 unspecified atom stereocenters. The van der Waals surface area contributed by atoms with E-state index in [0.29, 0.717) is 12.1 Å². The van der Waals surface area contributed by atoms with Gasteiger partial charge in [-0.2, -0.15) is 0 Å². The van der Waals surface area contributed by atoms with Crippen molar-refractivity contribution in [3.63, 3.8) is 0 Å². The number of benzene rings is 2. The maximum Gasteiger partial charge on any atom is 0.309 e. The Morgan fingerprint density at radius 1 is 1.03 bits per heavy atom. The summed E-state index contributed by atoms with van der Waals surface area (Å²) < 4.78 is 4.73. The average molecular weight is 451 g/mol. The molecule has 0 radical (unpaired) electrons. The number of Topliss-reactive ketones (excluding diaryl/α,β-unsaturated/α-hetero) is 1. The van der Waals surface area contributed by atoms with E-state index in [1.165, 1.54) is 7.11 Å². The molecule has 0 amide bonds. The SMILES string of the molecule is COC(=O)Cc1ccc2c(c1)C(=N)N(CC(=O)c1cc(C(C)(C)C)c(O)c(C(C)(C)C)c1)C2. The van der Waals surface area contributed by atoms with Crippen LogP contribution in [0, 0.1) is 5.41 Å². The van der Waals surface area contributed by atoms with Gasteiger partial charge in [-0.1, -0.05) is 53.7 Å². The number of hydrogen-bond donors (Lipinski definition) is 2. The normalized spacial score (nSPS) is 13.8. The Hall–Kier alpha value is -3.15. The molecule has 0 saturated carbocycles. The Labute approximate surface area is 196 Å². The lowest BCUT2D eigenvalue weighted by Gasteiger charge is -2.28. The quantitative estimate of drug-likeness (QED) is 0.508. The van der Waals surface area contributed by atoms with Crippen molar-refractivity contribution in [2.24, 2.45) is 0 Å². The number of rotatable bonds is 5. The standard InChI is InChI=1S/C27H34N2O4/c1-26(2,3)20-12-18(13-21(24(20)32)27(4,5)6)22(30)15-29-14-17-9-8-16(11-23(31)33-7)10-19(17)25(29)28/h8-10,12-13,28,32H,11,14-15H2,1-7H3. The number of phenols is 1. The van der Waals surface area contributed by atoms with Crippen molar-refractivity contribution in [1.29, 1.82) is 5.41 Å². The average Bonchev–Trinajstić information content (AvgIpc) is 3.01. The molecule has 33 heavy (non-hydrogen) atoms. The maximum absolute atomic E-state index is 13.3. The Morgan fingerprint density at radius 3 is 2.12 bits per heavy atom. The molecular formula is C27H34N2O4. The summed E-state index contributed by atoms with van der Waals surface area (Å²) in [5.74, 6) is 0.0865. The fourth-order valence-electron chi connectivity index (χ4n) is 4.12. The van der Waals surface area contributed by atoms with Crippen molar-refractivity contribution < 1.29 is 19.4 Å². The third-order valence-corrected chi connectivity index (χ3v) is 6.07. The Bertz CT molecular complexity index is 1080. The zero-order valence-corrected chi connectivity index (χ0v) is 20.6. The van der Waals surface area contributed by atoms with Crippen LogP contribution < -0.4 is 0 Å². The maximum atomic E-state index is 13.3. The molecule has 3 rings (SSSR count). The number of carbonyl (C=O) groups is 2. The van der Waals surface area contributed by atoms with E-state index in [2.05, 4.69) is 0 Å². The Morgan fingerprint density at radius 2 is 1.61 bits per heavy atom. The first-order chi connectivity index (χ1) is 15.2. The van der Waals surface area contributed by atoms with Gasteiger partial charge in [0.15, 0.2) is 5.78 Å². The second-order valence-electron chi connectivity index (χ2n) is 10.8. The van der Waals surface area contributed by atoms with Crippen molar-refractivity contribution >= 4 is 17.6 Å². The van der Waals surface area contributed by atoms with Crippen molar-refractivity contribution in [1.82, 2.24) is 4.90 Å². The van der Waals surface area contributed by atoms with Gasteiger partial charge in [0, 0.05) is 28.8 Å². The Balaban J connectivity index is 1.88. The summed E-state index contributed by atoms with van der Waals surface area (Å²) in [6, 6.07) is 9.17. The van der Waals surface area contributed by atoms with Gasteiger partial charge in [-0.3, -0.25) is 15.0 Å². The lowest BCUT2D eigenvalue weighted by molar-refractivity contribution is -0.139. The van der Waals surface area contributed by atoms with E-state index in [4.69, 9.17) is 10.1 Å². The van der Waals surface area contributed by atoms with Crippen molar-refractivity contribution in [2.45, 2.75) is 65.3 Å². The van der Waals surface area contributed by atoms with Crippen LogP contribution in [0.1, 0.15) is 79.7 Å². The predicted octanol–water partition coefficient (Wildman–Crippen LogP) is 4.73. The number of ketones is 1. The minimum Gasteiger partial charge on any atom is -0.507 e. The van der Waals surface area contributed by atoms with Gasteiger partial charge in [-0.05, 0) is 40.2 Å². The molecule has 2 N–H and O–H groups in total. The highest BCUT2D eigenvalue weighted by atomic mass is 16.5. The largest absolute Gasteiger partial charge is 0.507 e. The molecule has 0 spiro atoms. The summed E-state index contributed by atoms with van der Waals surface area (Å²) in [6.07, 6.45) is 0.147. The third kappa shape index (κ3) is 5.10. The van der Waals surface area contributed by atoms with Gasteiger partial charge in [0.25, 0.3) is 0 Å². The lowest BCUT2D eigenvalue weighted by atomic mass is 9.78. The number of fused-ring (bicyclic) bond motifs is 1. The second-order valence-corrected chi connectivity index (χ2v) is 10.8. The molecule has 176 valence electrons. The smallest absolute Gasteiger partial charge is 0.309 e. The van der Waals surface area contributed by atoms with Gasteiger partial charge in [0.1, 0.15) is 11.6 Å². The molecule has 1 aliphatic rings. The van der Waals surface area contributed by atoms with Gasteiger partial charge < -0.3 is 14.7 Å². The monoisotopic (exact) mass is 450 g/mol. The first kappa shape index (κ1) is 24.5. The first-order valence-corrected chi connectivity index (χ1v) is 11.2. The molecule has 1 aliphatic heterocycles. The van der Waals surface area contributed by atoms with Gasteiger partial charge in [0.05, 0.1) is 20.1 Å². The van der Waals surface area contributed by atoms with Crippen molar-refractivity contribution in [3.8, 4) is 5.75 Å². The number of esters is 1. The topological polar surface area (TPSA) is 90.7 Å². The number of carbonyl (C=O) groups excluding carboxylic acids is 2. The van der Waals surface area contributed by atoms with Crippen LogP contribution >= 0.6 is 0 Å². The summed E-state index contributed by atoms with van der Waals surface area (Å²) in [5, 5.41) is 19.5. The number of phenolic OH excluding ortho intramolecular Hbond substituents is 1. The fourth-order valence-corrected chi connectivity index (χ4v) is 4.12. The molecular weight excluding hydrogens is 416 g/mol. The van der Waals surface area contributed by atoms with Crippen molar-refractivity contribution in [2.75, 3.05) is 13.7 Å². The van der Waals surface area contributed by atoms with Crippen LogP contribution in [-0.2, 0) is 33.3 Å². The van der Waals surface area contributed by atoms with Gasteiger partial charge in [-0.25, -0.2) is 0 Å². The number of amidine groups is 1. The summed E-state index contributed by atoms with van der Waals surface area (Å²) >= 11 is 0. The number of hydrogen-bond acceptors (Lipinski definition) is 5. The van der Waals surface area contributed by atoms with Crippen LogP contribution in [0.15, 0.2) is 30.3 Å². The molecule has 1 heterocycles. The van der Waals surface area contributed by atoms with E-state index in [1.54, 1.807) is 17.0 Å². The lowest BCUT2D eigenvalue weighted by Crippen LogP contribution is -2.30. The highest BCUT2D eigenvalue weighted by Crippen LogP contribution is 2.40. The zero-order chi connectivity index (χ0) is 24.7. The van der Waals surface area contributed by atoms with E-state index in [1.807, 2.05) is 59.7 Å². The van der Waals surface area contributed by atoms with Gasteiger partial charge in [-0.15, -0.1) is 0 Å². The molecule has 0 aromatic heterocycles. The molecule has 0 fully saturated rings. The summed E-state index contributed by atoms with van der Waals surface area (Å²) in [4.78, 5) is 26.7. The van der Waals surface area contributed by atoms with Gasteiger partial charge in [0.2, 0.25) is 0 Å². The van der Waals surface area contributed by atoms with E-state index in [-0.39, 0.29) is 47.1 Å². The fraction of sp³-hybridized carbons (Fsp3) is 0.444. The van der Waals surface area contributed by atoms with E-state index < -0.39 is 0 Å². The Kier molecular flexibility index (Phi) is 6.42. The number of nitrogens with zero attached hydrogens (tertiary/aromatic N) is 1. The third-order valence-electron chi connectivity index (χ3n) is 6.07. The molecule has 2 aromatic carbocycles. The van der Waals surface area contributed by atoms with Crippen LogP contribution in [0.25, 0.3) is 0 Å². The molecule has 0 atom stereocenters. The first-order valence-electron chi connectivity index (χ1n) is 11.2. The molecule has 2 aromatic rings. The molecule has 0 saturated heterocycles. The molecule has 0 bridgehead atoms. The van der Waals surface area contributed by atoms with E-state index in [0.717, 1.165) is 27.8 Å². The minimum absolute atomic E-state index is 0.0673. The number of aromatic hydroxyl groups is 1. The summed E-state index contributed by atoms with van der Waals surface area (Å²) in [7, 11) is 1.35. The van der Waals surface area contributed by atoms with Crippen LogP contribution in [0.4, 0.5) is 0 Å². The number of methoxy groups -OCH3 is 1. The zero-order valence-electron chi connectivity index (χ0n) is 20.6. The van der Waals surface area contributed by atoms with Crippen LogP contribution in [0.5, 0.6) is 5.75 Å². The second kappa shape index (κ2) is 8.65. The van der Waals surface area contributed by atoms with E-state index >= 15 is 0 Å². The minimum atomic E-state index is -0.330. The molecule has 0 aliphatic carbocycles. The molecule has 6 nitrogen and oxygen atoms in total. The van der Waals surface area contributed by atoms with Crippen molar-refractivity contribution in [3.05, 3.63) is 63.7 Å². The molecule has 6 heteroatoms. The highest BCUT2D eigenvalue weighted by molar-refractivity contribution is 6.05. The summed E-state index contributed by atoms with van der Waals surface area (Å²) in [6.45, 7) is 12.6. The van der Waals surface area contributed by atoms with Crippen LogP contribution in [0.2, 0.25) is 0 Å². The number of nitrogens with one attached hydrogen (secondary N) is 1. The number of ether oxygens (including phenoxy) is 1. The highest BCUT2D eigenvalue weighted by Gasteiger charge is 2.30. The van der Waals surface area contributed by atoms with Crippen LogP contribution in [-0.4, -0.2) is 41.2 Å². The predicted molar refractivity (Wildman–Crippen MR) is 129 cm³/mol. The van der Waals surface area contributed by atoms with Gasteiger partial charge >= 0.3 is 5.97 Å². The van der Waals surface area contributed by atoms with E-state index in [9.17, 15) is 14.7 Å². The summed E-state index contributed by atoms with van der Waals surface area (Å²) in [5.41, 5.74) is 3.84. The van der Waals surface area contributed by atoms with Crippen LogP contribution in [0.3, 0.4) is 0 Å².